The van der Waals surface area contributed by atoms with Crippen LogP contribution in [0.5, 0.6) is 0 Å². The van der Waals surface area contributed by atoms with Gasteiger partial charge in [0, 0.05) is 13.0 Å². The van der Waals surface area contributed by atoms with E-state index >= 15 is 0 Å². The van der Waals surface area contributed by atoms with Crippen molar-refractivity contribution in [3.05, 3.63) is 24.3 Å². The summed E-state index contributed by atoms with van der Waals surface area (Å²) >= 11 is 0. The summed E-state index contributed by atoms with van der Waals surface area (Å²) < 4.78 is 0. The van der Waals surface area contributed by atoms with Crippen LogP contribution in [0.2, 0.25) is 0 Å². The summed E-state index contributed by atoms with van der Waals surface area (Å²) in [6.45, 7) is 2.42. The lowest BCUT2D eigenvalue weighted by atomic mass is 9.99. The maximum Gasteiger partial charge on any atom is 0.303 e. The molecular formula is C17H30O3. The first-order chi connectivity index (χ1) is 9.66. The fourth-order valence-electron chi connectivity index (χ4n) is 1.98. The van der Waals surface area contributed by atoms with Crippen molar-refractivity contribution in [1.82, 2.24) is 0 Å². The van der Waals surface area contributed by atoms with Crippen molar-refractivity contribution in [2.45, 2.75) is 64.7 Å². The molecule has 0 aromatic carbocycles. The molecule has 20 heavy (non-hydrogen) atoms. The van der Waals surface area contributed by atoms with Crippen molar-refractivity contribution >= 4 is 5.97 Å². The van der Waals surface area contributed by atoms with Gasteiger partial charge in [0.1, 0.15) is 0 Å². The molecule has 0 rings (SSSR count). The molecule has 116 valence electrons. The summed E-state index contributed by atoms with van der Waals surface area (Å²) in [6.07, 6.45) is 17.1. The summed E-state index contributed by atoms with van der Waals surface area (Å²) in [5.41, 5.74) is 0. The van der Waals surface area contributed by atoms with Crippen LogP contribution in [0, 0.1) is 5.92 Å². The van der Waals surface area contributed by atoms with E-state index in [9.17, 15) is 4.79 Å². The largest absolute Gasteiger partial charge is 0.481 e. The molecule has 0 aromatic heterocycles. The predicted octanol–water partition coefficient (Wildman–Crippen LogP) is 4.32. The molecule has 0 aliphatic rings. The van der Waals surface area contributed by atoms with Gasteiger partial charge in [0.2, 0.25) is 0 Å². The van der Waals surface area contributed by atoms with Gasteiger partial charge in [0.25, 0.3) is 0 Å². The van der Waals surface area contributed by atoms with Crippen LogP contribution in [0.4, 0.5) is 0 Å². The summed E-state index contributed by atoms with van der Waals surface area (Å²) in [5.74, 6) is -0.187. The Labute approximate surface area is 123 Å². The van der Waals surface area contributed by atoms with Gasteiger partial charge in [0.15, 0.2) is 0 Å². The lowest BCUT2D eigenvalue weighted by molar-refractivity contribution is -0.137. The monoisotopic (exact) mass is 282 g/mol. The van der Waals surface area contributed by atoms with Crippen molar-refractivity contribution < 1.29 is 15.0 Å². The average Bonchev–Trinajstić information content (AvgIpc) is 2.42. The third-order valence-electron chi connectivity index (χ3n) is 3.30. The van der Waals surface area contributed by atoms with Crippen LogP contribution in [0.1, 0.15) is 64.7 Å². The van der Waals surface area contributed by atoms with Gasteiger partial charge in [-0.25, -0.2) is 0 Å². The van der Waals surface area contributed by atoms with E-state index in [4.69, 9.17) is 10.2 Å². The van der Waals surface area contributed by atoms with Gasteiger partial charge in [-0.05, 0) is 50.9 Å². The zero-order chi connectivity index (χ0) is 15.1. The maximum absolute atomic E-state index is 10.4. The minimum atomic E-state index is -0.692. The summed E-state index contributed by atoms with van der Waals surface area (Å²) in [7, 11) is 0. The number of hydrogen-bond acceptors (Lipinski definition) is 2. The minimum Gasteiger partial charge on any atom is -0.481 e. The van der Waals surface area contributed by atoms with Crippen LogP contribution in [0.15, 0.2) is 24.3 Å². The molecule has 0 amide bonds. The number of rotatable bonds is 13. The van der Waals surface area contributed by atoms with E-state index in [2.05, 4.69) is 31.2 Å². The van der Waals surface area contributed by atoms with E-state index in [0.717, 1.165) is 51.4 Å². The lowest BCUT2D eigenvalue weighted by Crippen LogP contribution is -2.00. The van der Waals surface area contributed by atoms with Gasteiger partial charge < -0.3 is 10.2 Å². The normalized spacial score (nSPS) is 13.3. The number of aliphatic hydroxyl groups is 1. The number of carboxylic acid groups (broad SMARTS) is 1. The van der Waals surface area contributed by atoms with Crippen LogP contribution >= 0.6 is 0 Å². The minimum absolute atomic E-state index is 0.290. The maximum atomic E-state index is 10.4. The van der Waals surface area contributed by atoms with Crippen LogP contribution in [0.25, 0.3) is 0 Å². The van der Waals surface area contributed by atoms with Crippen molar-refractivity contribution in [3.8, 4) is 0 Å². The molecule has 0 saturated carbocycles. The second-order valence-corrected chi connectivity index (χ2v) is 5.37. The topological polar surface area (TPSA) is 57.5 Å². The number of aliphatic carboxylic acids is 1. The lowest BCUT2D eigenvalue weighted by Gasteiger charge is -2.07. The predicted molar refractivity (Wildman–Crippen MR) is 83.7 cm³/mol. The van der Waals surface area contributed by atoms with Gasteiger partial charge in [-0.2, -0.15) is 0 Å². The Balaban J connectivity index is 3.37. The zero-order valence-corrected chi connectivity index (χ0v) is 12.8. The van der Waals surface area contributed by atoms with Crippen molar-refractivity contribution in [3.63, 3.8) is 0 Å². The van der Waals surface area contributed by atoms with Crippen molar-refractivity contribution in [1.29, 1.82) is 0 Å². The van der Waals surface area contributed by atoms with Gasteiger partial charge in [-0.1, -0.05) is 37.6 Å². The standard InChI is InChI=1S/C17H30O3/c1-16(13-14-17(19)20)12-10-8-6-4-2-3-5-7-9-11-15-18/h3-6,16,18H,2,7-15H2,1H3,(H,19,20)/b5-3+,6-4+. The van der Waals surface area contributed by atoms with Gasteiger partial charge >= 0.3 is 5.97 Å². The molecule has 0 aliphatic heterocycles. The van der Waals surface area contributed by atoms with Gasteiger partial charge in [-0.15, -0.1) is 0 Å². The first-order valence-electron chi connectivity index (χ1n) is 7.79. The highest BCUT2D eigenvalue weighted by molar-refractivity contribution is 5.66. The molecule has 1 unspecified atom stereocenters. The third kappa shape index (κ3) is 15.0. The SMILES string of the molecule is CC(CCC/C=C/C/C=C/CCCCO)CCC(=O)O. The third-order valence-corrected chi connectivity index (χ3v) is 3.30. The summed E-state index contributed by atoms with van der Waals surface area (Å²) in [4.78, 5) is 10.4. The second-order valence-electron chi connectivity index (χ2n) is 5.37. The molecule has 0 aromatic rings. The van der Waals surface area contributed by atoms with Crippen LogP contribution in [-0.2, 0) is 4.79 Å². The van der Waals surface area contributed by atoms with Crippen LogP contribution < -0.4 is 0 Å². The molecule has 0 fully saturated rings. The Morgan fingerprint density at radius 2 is 1.65 bits per heavy atom. The quantitative estimate of drug-likeness (QED) is 0.390. The van der Waals surface area contributed by atoms with Crippen LogP contribution in [0.3, 0.4) is 0 Å². The molecule has 0 bridgehead atoms. The van der Waals surface area contributed by atoms with E-state index in [0.29, 0.717) is 12.5 Å². The zero-order valence-electron chi connectivity index (χ0n) is 12.8. The fourth-order valence-corrected chi connectivity index (χ4v) is 1.98. The van der Waals surface area contributed by atoms with E-state index in [1.165, 1.54) is 0 Å². The second kappa shape index (κ2) is 14.3. The van der Waals surface area contributed by atoms with Crippen LogP contribution in [-0.4, -0.2) is 22.8 Å². The van der Waals surface area contributed by atoms with Gasteiger partial charge in [-0.3, -0.25) is 4.79 Å². The number of unbranched alkanes of at least 4 members (excludes halogenated alkanes) is 3. The smallest absolute Gasteiger partial charge is 0.303 e. The molecule has 3 heteroatoms. The summed E-state index contributed by atoms with van der Waals surface area (Å²) in [5, 5.41) is 17.2. The molecule has 0 spiro atoms. The highest BCUT2D eigenvalue weighted by Crippen LogP contribution is 2.14. The average molecular weight is 282 g/mol. The highest BCUT2D eigenvalue weighted by Gasteiger charge is 2.04. The Kier molecular flexibility index (Phi) is 13.5. The number of carboxylic acids is 1. The van der Waals surface area contributed by atoms with E-state index in [1.807, 2.05) is 0 Å². The van der Waals surface area contributed by atoms with E-state index in [1.54, 1.807) is 0 Å². The molecule has 1 atom stereocenters. The molecule has 0 radical (unpaired) electrons. The van der Waals surface area contributed by atoms with E-state index in [-0.39, 0.29) is 6.42 Å². The first-order valence-corrected chi connectivity index (χ1v) is 7.79. The molecule has 2 N–H and O–H groups in total. The number of allylic oxidation sites excluding steroid dienone is 4. The molecule has 3 nitrogen and oxygen atoms in total. The van der Waals surface area contributed by atoms with E-state index < -0.39 is 5.97 Å². The Morgan fingerprint density at radius 3 is 2.25 bits per heavy atom. The first kappa shape index (κ1) is 18.9. The molecular weight excluding hydrogens is 252 g/mol. The number of aliphatic hydroxyl groups excluding tert-OH is 1. The number of carbonyl (C=O) groups is 1. The van der Waals surface area contributed by atoms with Crippen molar-refractivity contribution in [2.75, 3.05) is 6.61 Å². The summed E-state index contributed by atoms with van der Waals surface area (Å²) in [6, 6.07) is 0. The Bertz CT molecular complexity index is 282. The fraction of sp³-hybridized carbons (Fsp3) is 0.706. The molecule has 0 saturated heterocycles. The number of hydrogen-bond donors (Lipinski definition) is 2. The molecule has 0 aliphatic carbocycles. The Morgan fingerprint density at radius 1 is 1.00 bits per heavy atom. The highest BCUT2D eigenvalue weighted by atomic mass is 16.4. The Hall–Kier alpha value is -1.09. The van der Waals surface area contributed by atoms with Gasteiger partial charge in [0.05, 0.1) is 0 Å². The molecule has 0 heterocycles. The van der Waals surface area contributed by atoms with Crippen molar-refractivity contribution in [2.24, 2.45) is 5.92 Å².